The highest BCUT2D eigenvalue weighted by Crippen LogP contribution is 2.39. The van der Waals surface area contributed by atoms with Crippen LogP contribution in [-0.4, -0.2) is 22.0 Å². The van der Waals surface area contributed by atoms with Crippen molar-refractivity contribution in [2.45, 2.75) is 30.7 Å². The number of thioether (sulfide) groups is 1. The second-order valence-corrected chi connectivity index (χ2v) is 6.92. The topological polar surface area (TPSA) is 55.2 Å². The van der Waals surface area contributed by atoms with Gasteiger partial charge in [0.1, 0.15) is 5.56 Å². The third-order valence-electron chi connectivity index (χ3n) is 3.47. The quantitative estimate of drug-likeness (QED) is 0.663. The monoisotopic (exact) mass is 320 g/mol. The smallest absolute Gasteiger partial charge is 0.384 e. The van der Waals surface area contributed by atoms with Gasteiger partial charge in [0.15, 0.2) is 0 Å². The van der Waals surface area contributed by atoms with E-state index >= 15 is 0 Å². The molecule has 0 bridgehead atoms. The van der Waals surface area contributed by atoms with Crippen LogP contribution in [0.25, 0.3) is 0 Å². The maximum atomic E-state index is 12.9. The lowest BCUT2D eigenvalue weighted by atomic mass is 10.1. The molecule has 4 nitrogen and oxygen atoms in total. The number of nitro groups is 1. The average Bonchev–Trinajstić information content (AvgIpc) is 2.82. The number of alkyl halides is 3. The van der Waals surface area contributed by atoms with Crippen LogP contribution in [0.3, 0.4) is 0 Å². The molecule has 0 aliphatic carbocycles. The van der Waals surface area contributed by atoms with Crippen molar-refractivity contribution in [1.82, 2.24) is 0 Å². The Labute approximate surface area is 124 Å². The number of hydrogen-bond donors (Lipinski definition) is 1. The van der Waals surface area contributed by atoms with Crippen molar-refractivity contribution in [3.63, 3.8) is 0 Å². The zero-order valence-corrected chi connectivity index (χ0v) is 12.2. The van der Waals surface area contributed by atoms with Gasteiger partial charge in [-0.15, -0.1) is 0 Å². The Hall–Kier alpha value is -1.44. The molecule has 1 heterocycles. The van der Waals surface area contributed by atoms with Crippen LogP contribution >= 0.6 is 11.8 Å². The maximum Gasteiger partial charge on any atom is 0.423 e. The van der Waals surface area contributed by atoms with Crippen LogP contribution in [-0.2, 0) is 6.18 Å². The summed E-state index contributed by atoms with van der Waals surface area (Å²) in [5, 5.41) is 13.6. The summed E-state index contributed by atoms with van der Waals surface area (Å²) in [6.07, 6.45) is -2.65. The molecule has 1 aliphatic rings. The molecular formula is C13H15F3N2O2S. The van der Waals surface area contributed by atoms with Crippen molar-refractivity contribution >= 4 is 23.1 Å². The molecule has 0 radical (unpaired) electrons. The van der Waals surface area contributed by atoms with Gasteiger partial charge >= 0.3 is 6.18 Å². The zero-order valence-electron chi connectivity index (χ0n) is 11.4. The first-order valence-corrected chi connectivity index (χ1v) is 7.43. The molecule has 8 heteroatoms. The highest BCUT2D eigenvalue weighted by molar-refractivity contribution is 8.00. The summed E-state index contributed by atoms with van der Waals surface area (Å²) in [6.45, 7) is 2.60. The summed E-state index contributed by atoms with van der Waals surface area (Å²) in [5.74, 6) is 1.05. The van der Waals surface area contributed by atoms with Crippen LogP contribution in [0.4, 0.5) is 24.5 Å². The number of halogens is 3. The number of nitro benzene ring substituents is 1. The molecule has 0 aromatic heterocycles. The van der Waals surface area contributed by atoms with Crippen molar-refractivity contribution in [3.8, 4) is 0 Å². The van der Waals surface area contributed by atoms with Gasteiger partial charge in [-0.3, -0.25) is 10.1 Å². The lowest BCUT2D eigenvalue weighted by Gasteiger charge is -2.23. The lowest BCUT2D eigenvalue weighted by Crippen LogP contribution is -2.27. The molecule has 0 amide bonds. The maximum absolute atomic E-state index is 12.9. The van der Waals surface area contributed by atoms with Crippen molar-refractivity contribution in [3.05, 3.63) is 33.9 Å². The summed E-state index contributed by atoms with van der Waals surface area (Å²) >= 11 is 1.79. The summed E-state index contributed by atoms with van der Waals surface area (Å²) in [4.78, 5) is 9.67. The third kappa shape index (κ3) is 3.81. The van der Waals surface area contributed by atoms with Gasteiger partial charge in [0.05, 0.1) is 4.92 Å². The number of rotatable bonds is 4. The summed E-state index contributed by atoms with van der Waals surface area (Å²) in [6, 6.07) is 3.02. The Bertz CT molecular complexity index is 543. The SMILES string of the molecule is CC1(CNc2ccc([N+](=O)[O-])c(C(F)(F)F)c2)CCCS1. The Morgan fingerprint density at radius 1 is 1.48 bits per heavy atom. The molecule has 1 aliphatic heterocycles. The second kappa shape index (κ2) is 5.75. The van der Waals surface area contributed by atoms with E-state index in [0.29, 0.717) is 6.54 Å². The van der Waals surface area contributed by atoms with E-state index in [0.717, 1.165) is 30.7 Å². The molecule has 1 saturated heterocycles. The number of nitrogens with one attached hydrogen (secondary N) is 1. The lowest BCUT2D eigenvalue weighted by molar-refractivity contribution is -0.388. The van der Waals surface area contributed by atoms with Crippen LogP contribution in [0.1, 0.15) is 25.3 Å². The molecule has 0 spiro atoms. The van der Waals surface area contributed by atoms with Crippen LogP contribution in [0.2, 0.25) is 0 Å². The fraction of sp³-hybridized carbons (Fsp3) is 0.538. The van der Waals surface area contributed by atoms with Crippen molar-refractivity contribution < 1.29 is 18.1 Å². The summed E-state index contributed by atoms with van der Waals surface area (Å²) in [7, 11) is 0. The van der Waals surface area contributed by atoms with Gasteiger partial charge in [0.2, 0.25) is 0 Å². The predicted molar refractivity (Wildman–Crippen MR) is 76.7 cm³/mol. The first-order valence-electron chi connectivity index (χ1n) is 6.45. The van der Waals surface area contributed by atoms with Gasteiger partial charge in [-0.05, 0) is 37.7 Å². The molecule has 1 N–H and O–H groups in total. The molecule has 21 heavy (non-hydrogen) atoms. The van der Waals surface area contributed by atoms with Gasteiger partial charge in [0, 0.05) is 23.0 Å². The van der Waals surface area contributed by atoms with E-state index in [1.807, 2.05) is 0 Å². The van der Waals surface area contributed by atoms with E-state index in [4.69, 9.17) is 0 Å². The minimum absolute atomic E-state index is 0.000169. The highest BCUT2D eigenvalue weighted by Gasteiger charge is 2.38. The van der Waals surface area contributed by atoms with E-state index in [2.05, 4.69) is 12.2 Å². The fourth-order valence-corrected chi connectivity index (χ4v) is 3.54. The fourth-order valence-electron chi connectivity index (χ4n) is 2.30. The Morgan fingerprint density at radius 2 is 2.19 bits per heavy atom. The molecule has 2 rings (SSSR count). The Balaban J connectivity index is 2.19. The first kappa shape index (κ1) is 15.9. The van der Waals surface area contributed by atoms with Gasteiger partial charge in [-0.25, -0.2) is 0 Å². The minimum Gasteiger partial charge on any atom is -0.384 e. The number of benzene rings is 1. The van der Waals surface area contributed by atoms with E-state index in [-0.39, 0.29) is 10.4 Å². The van der Waals surface area contributed by atoms with Crippen molar-refractivity contribution in [1.29, 1.82) is 0 Å². The molecule has 1 aromatic rings. The number of anilines is 1. The highest BCUT2D eigenvalue weighted by atomic mass is 32.2. The zero-order chi connectivity index (χ0) is 15.7. The molecule has 1 atom stereocenters. The Kier molecular flexibility index (Phi) is 4.36. The van der Waals surface area contributed by atoms with E-state index < -0.39 is 22.4 Å². The molecule has 0 saturated carbocycles. The van der Waals surface area contributed by atoms with Gasteiger partial charge in [-0.2, -0.15) is 24.9 Å². The number of hydrogen-bond acceptors (Lipinski definition) is 4. The summed E-state index contributed by atoms with van der Waals surface area (Å²) in [5.41, 5.74) is -1.89. The van der Waals surface area contributed by atoms with E-state index in [1.54, 1.807) is 11.8 Å². The molecule has 1 fully saturated rings. The van der Waals surface area contributed by atoms with E-state index in [1.165, 1.54) is 6.07 Å². The van der Waals surface area contributed by atoms with Crippen molar-refractivity contribution in [2.24, 2.45) is 0 Å². The first-order chi connectivity index (χ1) is 9.71. The third-order valence-corrected chi connectivity index (χ3v) is 5.00. The van der Waals surface area contributed by atoms with E-state index in [9.17, 15) is 23.3 Å². The number of nitrogens with zero attached hydrogens (tertiary/aromatic N) is 1. The second-order valence-electron chi connectivity index (χ2n) is 5.24. The van der Waals surface area contributed by atoms with Gasteiger partial charge < -0.3 is 5.32 Å². The summed E-state index contributed by atoms with van der Waals surface area (Å²) < 4.78 is 38.6. The van der Waals surface area contributed by atoms with Crippen LogP contribution in [0.15, 0.2) is 18.2 Å². The largest absolute Gasteiger partial charge is 0.423 e. The van der Waals surface area contributed by atoms with Crippen LogP contribution in [0, 0.1) is 10.1 Å². The molecule has 116 valence electrons. The molecule has 1 aromatic carbocycles. The average molecular weight is 320 g/mol. The standard InChI is InChI=1S/C13H15F3N2O2S/c1-12(5-2-6-21-12)8-17-9-3-4-11(18(19)20)10(7-9)13(14,15)16/h3-4,7,17H,2,5-6,8H2,1H3. The predicted octanol–water partition coefficient (Wildman–Crippen LogP) is 4.31. The van der Waals surface area contributed by atoms with Gasteiger partial charge in [0.25, 0.3) is 5.69 Å². The minimum atomic E-state index is -4.74. The molecular weight excluding hydrogens is 305 g/mol. The normalized spacial score (nSPS) is 22.3. The Morgan fingerprint density at radius 3 is 2.71 bits per heavy atom. The van der Waals surface area contributed by atoms with Crippen molar-refractivity contribution in [2.75, 3.05) is 17.6 Å². The van der Waals surface area contributed by atoms with Crippen LogP contribution in [0.5, 0.6) is 0 Å². The van der Waals surface area contributed by atoms with Gasteiger partial charge in [-0.1, -0.05) is 0 Å². The van der Waals surface area contributed by atoms with Crippen LogP contribution < -0.4 is 5.32 Å². The molecule has 1 unspecified atom stereocenters.